The van der Waals surface area contributed by atoms with E-state index in [4.69, 9.17) is 5.73 Å². The standard InChI is InChI=1S/C12H18N2O2S/c1-2-3-4-7-17-9-10-8-11(14(15)16)5-6-12(10)13/h5-6,8H,2-4,7,9,13H2,1H3. The number of benzene rings is 1. The first-order valence-electron chi connectivity index (χ1n) is 5.75. The summed E-state index contributed by atoms with van der Waals surface area (Å²) >= 11 is 1.78. The number of nitrogens with zero attached hydrogens (tertiary/aromatic N) is 1. The van der Waals surface area contributed by atoms with Gasteiger partial charge in [-0.3, -0.25) is 10.1 Å². The van der Waals surface area contributed by atoms with E-state index in [2.05, 4.69) is 6.92 Å². The Labute approximate surface area is 106 Å². The van der Waals surface area contributed by atoms with Crippen molar-refractivity contribution >= 4 is 23.1 Å². The molecule has 0 aliphatic rings. The number of nitrogen functional groups attached to an aromatic ring is 1. The van der Waals surface area contributed by atoms with Crippen LogP contribution in [-0.2, 0) is 5.75 Å². The second-order valence-corrected chi connectivity index (χ2v) is 5.01. The monoisotopic (exact) mass is 254 g/mol. The summed E-state index contributed by atoms with van der Waals surface area (Å²) in [6, 6.07) is 4.63. The van der Waals surface area contributed by atoms with Gasteiger partial charge in [-0.1, -0.05) is 19.8 Å². The number of nitro benzene ring substituents is 1. The molecule has 94 valence electrons. The minimum atomic E-state index is -0.384. The zero-order valence-corrected chi connectivity index (χ0v) is 10.8. The van der Waals surface area contributed by atoms with Gasteiger partial charge in [0.15, 0.2) is 0 Å². The molecule has 0 aromatic heterocycles. The SMILES string of the molecule is CCCCCSCc1cc([N+](=O)[O-])ccc1N. The Morgan fingerprint density at radius 2 is 2.18 bits per heavy atom. The molecule has 0 unspecified atom stereocenters. The van der Waals surface area contributed by atoms with Crippen LogP contribution in [0.2, 0.25) is 0 Å². The highest BCUT2D eigenvalue weighted by atomic mass is 32.2. The fourth-order valence-corrected chi connectivity index (χ4v) is 2.49. The van der Waals surface area contributed by atoms with Gasteiger partial charge in [0.1, 0.15) is 0 Å². The van der Waals surface area contributed by atoms with E-state index in [0.29, 0.717) is 5.69 Å². The van der Waals surface area contributed by atoms with E-state index in [1.165, 1.54) is 25.3 Å². The zero-order valence-electron chi connectivity index (χ0n) is 10.0. The van der Waals surface area contributed by atoms with E-state index in [0.717, 1.165) is 17.1 Å². The molecular formula is C12H18N2O2S. The molecule has 0 amide bonds. The molecule has 1 aromatic carbocycles. The lowest BCUT2D eigenvalue weighted by atomic mass is 10.2. The molecule has 0 fully saturated rings. The number of rotatable bonds is 7. The molecule has 0 radical (unpaired) electrons. The smallest absolute Gasteiger partial charge is 0.269 e. The van der Waals surface area contributed by atoms with Crippen LogP contribution in [0.25, 0.3) is 0 Å². The number of anilines is 1. The minimum absolute atomic E-state index is 0.114. The van der Waals surface area contributed by atoms with Crippen LogP contribution in [0, 0.1) is 10.1 Å². The van der Waals surface area contributed by atoms with Crippen molar-refractivity contribution in [1.82, 2.24) is 0 Å². The van der Waals surface area contributed by atoms with Crippen LogP contribution in [0.15, 0.2) is 18.2 Å². The Hall–Kier alpha value is -1.23. The van der Waals surface area contributed by atoms with Crippen LogP contribution in [0.4, 0.5) is 11.4 Å². The first kappa shape index (κ1) is 13.8. The van der Waals surface area contributed by atoms with Crippen molar-refractivity contribution in [3.63, 3.8) is 0 Å². The Kier molecular flexibility index (Phi) is 5.83. The predicted molar refractivity (Wildman–Crippen MR) is 73.2 cm³/mol. The lowest BCUT2D eigenvalue weighted by Crippen LogP contribution is -1.96. The van der Waals surface area contributed by atoms with Crippen molar-refractivity contribution in [3.8, 4) is 0 Å². The van der Waals surface area contributed by atoms with Gasteiger partial charge in [-0.15, -0.1) is 0 Å². The van der Waals surface area contributed by atoms with E-state index in [1.807, 2.05) is 0 Å². The average Bonchev–Trinajstić information content (AvgIpc) is 2.30. The Morgan fingerprint density at radius 3 is 2.82 bits per heavy atom. The third-order valence-corrected chi connectivity index (χ3v) is 3.58. The largest absolute Gasteiger partial charge is 0.398 e. The molecule has 4 nitrogen and oxygen atoms in total. The van der Waals surface area contributed by atoms with Gasteiger partial charge >= 0.3 is 0 Å². The highest BCUT2D eigenvalue weighted by Crippen LogP contribution is 2.24. The number of hydrogen-bond donors (Lipinski definition) is 1. The van der Waals surface area contributed by atoms with Crippen LogP contribution in [0.3, 0.4) is 0 Å². The van der Waals surface area contributed by atoms with E-state index >= 15 is 0 Å². The van der Waals surface area contributed by atoms with E-state index in [-0.39, 0.29) is 10.6 Å². The number of thioether (sulfide) groups is 1. The molecule has 0 atom stereocenters. The van der Waals surface area contributed by atoms with Gasteiger partial charge in [-0.2, -0.15) is 11.8 Å². The molecule has 0 bridgehead atoms. The van der Waals surface area contributed by atoms with E-state index < -0.39 is 0 Å². The lowest BCUT2D eigenvalue weighted by Gasteiger charge is -2.05. The Morgan fingerprint density at radius 1 is 1.41 bits per heavy atom. The number of non-ortho nitro benzene ring substituents is 1. The van der Waals surface area contributed by atoms with Crippen molar-refractivity contribution in [2.45, 2.75) is 31.9 Å². The summed E-state index contributed by atoms with van der Waals surface area (Å²) in [5.74, 6) is 1.83. The summed E-state index contributed by atoms with van der Waals surface area (Å²) in [5.41, 5.74) is 7.41. The van der Waals surface area contributed by atoms with E-state index in [1.54, 1.807) is 23.9 Å². The average molecular weight is 254 g/mol. The highest BCUT2D eigenvalue weighted by Gasteiger charge is 2.08. The summed E-state index contributed by atoms with van der Waals surface area (Å²) in [6.45, 7) is 2.17. The minimum Gasteiger partial charge on any atom is -0.398 e. The van der Waals surface area contributed by atoms with Crippen molar-refractivity contribution in [2.75, 3.05) is 11.5 Å². The third-order valence-electron chi connectivity index (χ3n) is 2.49. The molecule has 0 aliphatic carbocycles. The molecule has 17 heavy (non-hydrogen) atoms. The van der Waals surface area contributed by atoms with Gasteiger partial charge in [-0.05, 0) is 23.8 Å². The number of nitrogens with two attached hydrogens (primary N) is 1. The Balaban J connectivity index is 2.51. The first-order valence-corrected chi connectivity index (χ1v) is 6.91. The molecule has 2 N–H and O–H groups in total. The summed E-state index contributed by atoms with van der Waals surface area (Å²) < 4.78 is 0. The zero-order chi connectivity index (χ0) is 12.7. The molecule has 0 saturated heterocycles. The normalized spacial score (nSPS) is 10.4. The van der Waals surface area contributed by atoms with Crippen LogP contribution >= 0.6 is 11.8 Å². The molecule has 0 heterocycles. The molecule has 0 spiro atoms. The third kappa shape index (κ3) is 4.65. The van der Waals surface area contributed by atoms with Crippen LogP contribution in [0.5, 0.6) is 0 Å². The number of hydrogen-bond acceptors (Lipinski definition) is 4. The van der Waals surface area contributed by atoms with Gasteiger partial charge in [0, 0.05) is 23.6 Å². The van der Waals surface area contributed by atoms with Gasteiger partial charge in [0.05, 0.1) is 4.92 Å². The molecule has 0 saturated carbocycles. The molecule has 1 aromatic rings. The van der Waals surface area contributed by atoms with Crippen molar-refractivity contribution in [1.29, 1.82) is 0 Å². The summed E-state index contributed by atoms with van der Waals surface area (Å²) in [6.07, 6.45) is 3.63. The lowest BCUT2D eigenvalue weighted by molar-refractivity contribution is -0.384. The maximum absolute atomic E-state index is 10.6. The molecule has 5 heteroatoms. The van der Waals surface area contributed by atoms with Crippen LogP contribution in [0.1, 0.15) is 31.7 Å². The second-order valence-electron chi connectivity index (χ2n) is 3.90. The first-order chi connectivity index (χ1) is 8.15. The fraction of sp³-hybridized carbons (Fsp3) is 0.500. The highest BCUT2D eigenvalue weighted by molar-refractivity contribution is 7.98. The Bertz CT molecular complexity index is 383. The maximum Gasteiger partial charge on any atom is 0.269 e. The number of unbranched alkanes of at least 4 members (excludes halogenated alkanes) is 2. The van der Waals surface area contributed by atoms with Crippen molar-refractivity contribution in [2.24, 2.45) is 0 Å². The van der Waals surface area contributed by atoms with Crippen LogP contribution in [-0.4, -0.2) is 10.7 Å². The predicted octanol–water partition coefficient (Wildman–Crippen LogP) is 3.60. The summed E-state index contributed by atoms with van der Waals surface area (Å²) in [4.78, 5) is 10.3. The molecule has 0 aliphatic heterocycles. The topological polar surface area (TPSA) is 69.2 Å². The van der Waals surface area contributed by atoms with Gasteiger partial charge in [-0.25, -0.2) is 0 Å². The van der Waals surface area contributed by atoms with Gasteiger partial charge in [0.2, 0.25) is 0 Å². The van der Waals surface area contributed by atoms with Gasteiger partial charge in [0.25, 0.3) is 5.69 Å². The molecular weight excluding hydrogens is 236 g/mol. The van der Waals surface area contributed by atoms with Gasteiger partial charge < -0.3 is 5.73 Å². The summed E-state index contributed by atoms with van der Waals surface area (Å²) in [5, 5.41) is 10.6. The summed E-state index contributed by atoms with van der Waals surface area (Å²) in [7, 11) is 0. The maximum atomic E-state index is 10.6. The number of nitro groups is 1. The quantitative estimate of drug-likeness (QED) is 0.349. The second kappa shape index (κ2) is 7.17. The molecule has 1 rings (SSSR count). The van der Waals surface area contributed by atoms with Crippen molar-refractivity contribution < 1.29 is 4.92 Å². The van der Waals surface area contributed by atoms with Crippen molar-refractivity contribution in [3.05, 3.63) is 33.9 Å². The van der Waals surface area contributed by atoms with E-state index in [9.17, 15) is 10.1 Å². The van der Waals surface area contributed by atoms with Crippen LogP contribution < -0.4 is 5.73 Å². The fourth-order valence-electron chi connectivity index (χ4n) is 1.47.